The van der Waals surface area contributed by atoms with E-state index in [1.807, 2.05) is 6.92 Å². The van der Waals surface area contributed by atoms with E-state index in [4.69, 9.17) is 4.74 Å². The Balaban J connectivity index is 1.78. The Morgan fingerprint density at radius 2 is 1.96 bits per heavy atom. The number of allylic oxidation sites excluding steroid dienone is 1. The van der Waals surface area contributed by atoms with Crippen molar-refractivity contribution in [3.63, 3.8) is 0 Å². The predicted octanol–water partition coefficient (Wildman–Crippen LogP) is 3.18. The average molecular weight is 371 g/mol. The monoisotopic (exact) mass is 371 g/mol. The Labute approximate surface area is 158 Å². The molecule has 0 bridgehead atoms. The molecule has 0 spiro atoms. The summed E-state index contributed by atoms with van der Waals surface area (Å²) in [6.45, 7) is 4.37. The summed E-state index contributed by atoms with van der Waals surface area (Å²) in [5.41, 5.74) is 1.91. The lowest BCUT2D eigenvalue weighted by atomic mass is 9.96. The Morgan fingerprint density at radius 3 is 2.70 bits per heavy atom. The van der Waals surface area contributed by atoms with Gasteiger partial charge in [-0.15, -0.1) is 0 Å². The SMILES string of the molecule is CCCCCCCOC(=O)C1=C(C)Nc2nnnn2[C@@H]1c1ccc(O)cc1. The van der Waals surface area contributed by atoms with Crippen molar-refractivity contribution in [2.24, 2.45) is 0 Å². The first-order chi connectivity index (χ1) is 13.1. The number of aromatic hydroxyl groups is 1. The second kappa shape index (κ2) is 8.66. The van der Waals surface area contributed by atoms with Crippen LogP contribution >= 0.6 is 0 Å². The maximum atomic E-state index is 12.8. The van der Waals surface area contributed by atoms with Gasteiger partial charge in [-0.25, -0.2) is 4.79 Å². The third kappa shape index (κ3) is 4.27. The summed E-state index contributed by atoms with van der Waals surface area (Å²) in [5, 5.41) is 24.3. The lowest BCUT2D eigenvalue weighted by Gasteiger charge is -2.27. The molecule has 1 atom stereocenters. The molecule has 0 fully saturated rings. The summed E-state index contributed by atoms with van der Waals surface area (Å²) < 4.78 is 7.08. The summed E-state index contributed by atoms with van der Waals surface area (Å²) in [5.74, 6) is 0.234. The highest BCUT2D eigenvalue weighted by Gasteiger charge is 2.34. The minimum atomic E-state index is -0.510. The van der Waals surface area contributed by atoms with E-state index in [1.54, 1.807) is 28.9 Å². The second-order valence-electron chi connectivity index (χ2n) is 6.65. The summed E-state index contributed by atoms with van der Waals surface area (Å²) in [4.78, 5) is 12.8. The van der Waals surface area contributed by atoms with Crippen LogP contribution in [0.2, 0.25) is 0 Å². The zero-order chi connectivity index (χ0) is 19.2. The molecule has 144 valence electrons. The summed E-state index contributed by atoms with van der Waals surface area (Å²) in [6.07, 6.45) is 5.44. The van der Waals surface area contributed by atoms with Gasteiger partial charge in [0, 0.05) is 5.70 Å². The first-order valence-electron chi connectivity index (χ1n) is 9.33. The molecular formula is C19H25N5O3. The third-order valence-corrected chi connectivity index (χ3v) is 4.62. The zero-order valence-electron chi connectivity index (χ0n) is 15.7. The molecule has 27 heavy (non-hydrogen) atoms. The minimum absolute atomic E-state index is 0.154. The number of aromatic nitrogens is 4. The minimum Gasteiger partial charge on any atom is -0.508 e. The molecule has 3 rings (SSSR count). The molecule has 1 aromatic carbocycles. The van der Waals surface area contributed by atoms with E-state index in [-0.39, 0.29) is 11.7 Å². The van der Waals surface area contributed by atoms with E-state index in [9.17, 15) is 9.90 Å². The van der Waals surface area contributed by atoms with Crippen LogP contribution in [0.4, 0.5) is 5.95 Å². The van der Waals surface area contributed by atoms with Crippen molar-refractivity contribution < 1.29 is 14.6 Å². The fraction of sp³-hybridized carbons (Fsp3) is 0.474. The van der Waals surface area contributed by atoms with Gasteiger partial charge in [0.05, 0.1) is 12.2 Å². The molecule has 2 N–H and O–H groups in total. The number of tetrazole rings is 1. The number of hydrogen-bond donors (Lipinski definition) is 2. The van der Waals surface area contributed by atoms with Gasteiger partial charge >= 0.3 is 5.97 Å². The Hall–Kier alpha value is -2.90. The highest BCUT2D eigenvalue weighted by atomic mass is 16.5. The van der Waals surface area contributed by atoms with Crippen LogP contribution in [0.1, 0.15) is 57.6 Å². The molecule has 0 unspecified atom stereocenters. The number of unbranched alkanes of at least 4 members (excludes halogenated alkanes) is 4. The quantitative estimate of drug-likeness (QED) is 0.543. The van der Waals surface area contributed by atoms with Crippen LogP contribution in [0.5, 0.6) is 5.75 Å². The fourth-order valence-electron chi connectivity index (χ4n) is 3.19. The van der Waals surface area contributed by atoms with Crippen molar-refractivity contribution in [1.29, 1.82) is 0 Å². The molecule has 1 aromatic heterocycles. The molecule has 2 heterocycles. The standard InChI is InChI=1S/C19H25N5O3/c1-3-4-5-6-7-12-27-18(26)16-13(2)20-19-21-22-23-24(19)17(16)14-8-10-15(25)11-9-14/h8-11,17,25H,3-7,12H2,1-2H3,(H,20,21,23)/t17-/m1/s1. The van der Waals surface area contributed by atoms with E-state index >= 15 is 0 Å². The summed E-state index contributed by atoms with van der Waals surface area (Å²) >= 11 is 0. The highest BCUT2D eigenvalue weighted by Crippen LogP contribution is 2.35. The summed E-state index contributed by atoms with van der Waals surface area (Å²) in [6, 6.07) is 6.15. The maximum Gasteiger partial charge on any atom is 0.338 e. The van der Waals surface area contributed by atoms with E-state index in [1.165, 1.54) is 12.8 Å². The van der Waals surface area contributed by atoms with E-state index in [0.29, 0.717) is 23.8 Å². The average Bonchev–Trinajstić information content (AvgIpc) is 3.12. The van der Waals surface area contributed by atoms with Crippen molar-refractivity contribution in [2.75, 3.05) is 11.9 Å². The number of phenolic OH excluding ortho intramolecular Hbond substituents is 1. The molecule has 1 aliphatic rings. The molecule has 0 saturated heterocycles. The first-order valence-corrected chi connectivity index (χ1v) is 9.33. The number of phenols is 1. The maximum absolute atomic E-state index is 12.8. The number of benzene rings is 1. The molecule has 8 nitrogen and oxygen atoms in total. The van der Waals surface area contributed by atoms with Crippen LogP contribution < -0.4 is 5.32 Å². The second-order valence-corrected chi connectivity index (χ2v) is 6.65. The number of carbonyl (C=O) groups is 1. The third-order valence-electron chi connectivity index (χ3n) is 4.62. The van der Waals surface area contributed by atoms with Crippen LogP contribution in [0.25, 0.3) is 0 Å². The molecule has 2 aromatic rings. The van der Waals surface area contributed by atoms with Gasteiger partial charge in [0.2, 0.25) is 5.95 Å². The molecular weight excluding hydrogens is 346 g/mol. The van der Waals surface area contributed by atoms with Crippen molar-refractivity contribution in [2.45, 2.75) is 52.0 Å². The number of nitrogens with one attached hydrogen (secondary N) is 1. The fourth-order valence-corrected chi connectivity index (χ4v) is 3.19. The number of esters is 1. The number of carbonyl (C=O) groups excluding carboxylic acids is 1. The molecule has 0 amide bonds. The Morgan fingerprint density at radius 1 is 1.22 bits per heavy atom. The number of rotatable bonds is 8. The van der Waals surface area contributed by atoms with Gasteiger partial charge in [-0.1, -0.05) is 49.8 Å². The number of nitrogens with zero attached hydrogens (tertiary/aromatic N) is 4. The number of hydrogen-bond acceptors (Lipinski definition) is 7. The van der Waals surface area contributed by atoms with Gasteiger partial charge in [-0.3, -0.25) is 0 Å². The van der Waals surface area contributed by atoms with Gasteiger partial charge in [0.1, 0.15) is 11.8 Å². The highest BCUT2D eigenvalue weighted by molar-refractivity contribution is 5.92. The van der Waals surface area contributed by atoms with E-state index in [0.717, 1.165) is 24.8 Å². The molecule has 8 heteroatoms. The molecule has 0 aliphatic carbocycles. The van der Waals surface area contributed by atoms with Crippen LogP contribution in [-0.4, -0.2) is 37.9 Å². The Kier molecular flexibility index (Phi) is 6.05. The Bertz CT molecular complexity index is 813. The largest absolute Gasteiger partial charge is 0.508 e. The van der Waals surface area contributed by atoms with Gasteiger partial charge in [-0.05, 0) is 41.5 Å². The van der Waals surface area contributed by atoms with Gasteiger partial charge in [0.25, 0.3) is 0 Å². The predicted molar refractivity (Wildman–Crippen MR) is 100 cm³/mol. The zero-order valence-corrected chi connectivity index (χ0v) is 15.7. The first kappa shape index (κ1) is 18.9. The van der Waals surface area contributed by atoms with Crippen LogP contribution in [-0.2, 0) is 9.53 Å². The van der Waals surface area contributed by atoms with Crippen LogP contribution in [0.15, 0.2) is 35.5 Å². The van der Waals surface area contributed by atoms with E-state index in [2.05, 4.69) is 27.8 Å². The van der Waals surface area contributed by atoms with Crippen molar-refractivity contribution in [3.8, 4) is 5.75 Å². The molecule has 1 aliphatic heterocycles. The number of fused-ring (bicyclic) bond motifs is 1. The van der Waals surface area contributed by atoms with Crippen LogP contribution in [0.3, 0.4) is 0 Å². The smallest absolute Gasteiger partial charge is 0.338 e. The van der Waals surface area contributed by atoms with Crippen molar-refractivity contribution >= 4 is 11.9 Å². The van der Waals surface area contributed by atoms with E-state index < -0.39 is 6.04 Å². The normalized spacial score (nSPS) is 16.0. The number of anilines is 1. The van der Waals surface area contributed by atoms with Crippen LogP contribution in [0, 0.1) is 0 Å². The number of ether oxygens (including phenoxy) is 1. The molecule has 0 radical (unpaired) electrons. The molecule has 0 saturated carbocycles. The van der Waals surface area contributed by atoms with Crippen molar-refractivity contribution in [1.82, 2.24) is 20.2 Å². The van der Waals surface area contributed by atoms with Gasteiger partial charge < -0.3 is 15.2 Å². The van der Waals surface area contributed by atoms with Crippen molar-refractivity contribution in [3.05, 3.63) is 41.1 Å². The lowest BCUT2D eigenvalue weighted by molar-refractivity contribution is -0.139. The lowest BCUT2D eigenvalue weighted by Crippen LogP contribution is -2.29. The topological polar surface area (TPSA) is 102 Å². The van der Waals surface area contributed by atoms with Gasteiger partial charge in [-0.2, -0.15) is 4.68 Å². The summed E-state index contributed by atoms with van der Waals surface area (Å²) in [7, 11) is 0. The van der Waals surface area contributed by atoms with Gasteiger partial charge in [0.15, 0.2) is 0 Å².